The zero-order chi connectivity index (χ0) is 19.7. The van der Waals surface area contributed by atoms with Gasteiger partial charge in [0.25, 0.3) is 0 Å². The molecule has 0 fully saturated rings. The highest BCUT2D eigenvalue weighted by Gasteiger charge is 2.11. The lowest BCUT2D eigenvalue weighted by Crippen LogP contribution is -2.03. The van der Waals surface area contributed by atoms with Crippen LogP contribution in [0.4, 0.5) is 4.39 Å². The van der Waals surface area contributed by atoms with Crippen LogP contribution in [0.5, 0.6) is 5.75 Å². The fourth-order valence-electron chi connectivity index (χ4n) is 2.84. The fraction of sp³-hybridized carbons (Fsp3) is 0.0455. The van der Waals surface area contributed by atoms with Gasteiger partial charge < -0.3 is 9.15 Å². The molecule has 0 aliphatic heterocycles. The van der Waals surface area contributed by atoms with Gasteiger partial charge in [-0.3, -0.25) is 0 Å². The molecular weight excluding hydrogens is 402 g/mol. The molecule has 6 heteroatoms. The van der Waals surface area contributed by atoms with E-state index in [9.17, 15) is 9.18 Å². The Morgan fingerprint density at radius 1 is 0.964 bits per heavy atom. The highest BCUT2D eigenvalue weighted by molar-refractivity contribution is 6.31. The molecule has 0 radical (unpaired) electrons. The lowest BCUT2D eigenvalue weighted by atomic mass is 10.1. The van der Waals surface area contributed by atoms with Gasteiger partial charge in [0.1, 0.15) is 23.8 Å². The lowest BCUT2D eigenvalue weighted by molar-refractivity contribution is 0.300. The quantitative estimate of drug-likeness (QED) is 0.358. The Morgan fingerprint density at radius 2 is 1.75 bits per heavy atom. The summed E-state index contributed by atoms with van der Waals surface area (Å²) in [5, 5.41) is 1.62. The van der Waals surface area contributed by atoms with Crippen LogP contribution in [0.2, 0.25) is 10.0 Å². The van der Waals surface area contributed by atoms with Crippen LogP contribution >= 0.6 is 23.2 Å². The second-order valence-electron chi connectivity index (χ2n) is 6.14. The van der Waals surface area contributed by atoms with Crippen LogP contribution in [0.15, 0.2) is 75.9 Å². The highest BCUT2D eigenvalue weighted by Crippen LogP contribution is 2.27. The van der Waals surface area contributed by atoms with Gasteiger partial charge in [-0.1, -0.05) is 41.4 Å². The Bertz CT molecular complexity index is 1200. The normalized spacial score (nSPS) is 11.0. The zero-order valence-corrected chi connectivity index (χ0v) is 15.9. The third kappa shape index (κ3) is 3.75. The van der Waals surface area contributed by atoms with E-state index in [0.29, 0.717) is 26.9 Å². The molecule has 28 heavy (non-hydrogen) atoms. The summed E-state index contributed by atoms with van der Waals surface area (Å²) >= 11 is 11.9. The molecule has 0 saturated carbocycles. The molecule has 0 aliphatic rings. The first-order valence-electron chi connectivity index (χ1n) is 8.41. The molecule has 140 valence electrons. The van der Waals surface area contributed by atoms with E-state index in [0.717, 1.165) is 10.9 Å². The zero-order valence-electron chi connectivity index (χ0n) is 14.4. The first-order chi connectivity index (χ1) is 13.5. The largest absolute Gasteiger partial charge is 0.489 e. The van der Waals surface area contributed by atoms with E-state index in [2.05, 4.69) is 0 Å². The van der Waals surface area contributed by atoms with Gasteiger partial charge >= 0.3 is 5.63 Å². The number of fused-ring (bicyclic) bond motifs is 1. The van der Waals surface area contributed by atoms with Crippen LogP contribution in [-0.4, -0.2) is 0 Å². The van der Waals surface area contributed by atoms with Gasteiger partial charge in [0, 0.05) is 22.0 Å². The molecule has 0 aliphatic carbocycles. The van der Waals surface area contributed by atoms with Crippen molar-refractivity contribution in [1.82, 2.24) is 0 Å². The summed E-state index contributed by atoms with van der Waals surface area (Å²) in [6, 6.07) is 18.2. The van der Waals surface area contributed by atoms with Crippen LogP contribution < -0.4 is 10.4 Å². The summed E-state index contributed by atoms with van der Waals surface area (Å²) in [5.41, 5.74) is 1.33. The predicted octanol–water partition coefficient (Wildman–Crippen LogP) is 6.48. The first-order valence-corrected chi connectivity index (χ1v) is 9.16. The Kier molecular flexibility index (Phi) is 5.07. The average Bonchev–Trinajstić information content (AvgIpc) is 2.68. The molecule has 0 spiro atoms. The Morgan fingerprint density at radius 3 is 2.50 bits per heavy atom. The predicted molar refractivity (Wildman–Crippen MR) is 109 cm³/mol. The Balaban J connectivity index is 1.64. The molecule has 3 nitrogen and oxygen atoms in total. The van der Waals surface area contributed by atoms with Crippen LogP contribution in [-0.2, 0) is 6.61 Å². The van der Waals surface area contributed by atoms with E-state index in [1.54, 1.807) is 54.6 Å². The summed E-state index contributed by atoms with van der Waals surface area (Å²) in [4.78, 5) is 12.4. The number of hydrogen-bond acceptors (Lipinski definition) is 3. The summed E-state index contributed by atoms with van der Waals surface area (Å²) < 4.78 is 24.9. The summed E-state index contributed by atoms with van der Waals surface area (Å²) in [7, 11) is 0. The summed E-state index contributed by atoms with van der Waals surface area (Å²) in [6.45, 7) is -0.0376. The second-order valence-corrected chi connectivity index (χ2v) is 6.99. The molecule has 0 bridgehead atoms. The van der Waals surface area contributed by atoms with Crippen molar-refractivity contribution >= 4 is 34.2 Å². The maximum absolute atomic E-state index is 13.9. The first kappa shape index (κ1) is 18.5. The van der Waals surface area contributed by atoms with Crippen LogP contribution in [0, 0.1) is 5.82 Å². The van der Waals surface area contributed by atoms with Gasteiger partial charge in [-0.2, -0.15) is 0 Å². The number of benzene rings is 3. The molecule has 0 atom stereocenters. The Hall–Kier alpha value is -2.82. The van der Waals surface area contributed by atoms with Crippen molar-refractivity contribution in [2.75, 3.05) is 0 Å². The minimum Gasteiger partial charge on any atom is -0.489 e. The number of ether oxygens (including phenoxy) is 1. The number of rotatable bonds is 4. The monoisotopic (exact) mass is 414 g/mol. The van der Waals surface area contributed by atoms with Crippen molar-refractivity contribution < 1.29 is 13.5 Å². The van der Waals surface area contributed by atoms with Gasteiger partial charge in [-0.05, 0) is 48.0 Å². The molecule has 0 saturated heterocycles. The molecule has 4 rings (SSSR count). The molecule has 1 heterocycles. The van der Waals surface area contributed by atoms with E-state index < -0.39 is 11.4 Å². The topological polar surface area (TPSA) is 39.4 Å². The fourth-order valence-corrected chi connectivity index (χ4v) is 3.18. The van der Waals surface area contributed by atoms with Crippen LogP contribution in [0.1, 0.15) is 5.56 Å². The van der Waals surface area contributed by atoms with Crippen LogP contribution in [0.25, 0.3) is 22.1 Å². The molecule has 0 unspecified atom stereocenters. The Labute approximate surface area is 169 Å². The van der Waals surface area contributed by atoms with Crippen molar-refractivity contribution in [3.05, 3.63) is 98.6 Å². The minimum atomic E-state index is -0.468. The molecule has 3 aromatic carbocycles. The van der Waals surface area contributed by atoms with Gasteiger partial charge in [0.05, 0.1) is 10.6 Å². The van der Waals surface area contributed by atoms with Gasteiger partial charge in [0.2, 0.25) is 0 Å². The third-order valence-corrected chi connectivity index (χ3v) is 4.91. The highest BCUT2D eigenvalue weighted by atomic mass is 35.5. The molecule has 1 aromatic heterocycles. The van der Waals surface area contributed by atoms with E-state index in [4.69, 9.17) is 32.4 Å². The molecular formula is C22H13Cl2FO3. The molecule has 0 amide bonds. The lowest BCUT2D eigenvalue weighted by Gasteiger charge is -2.09. The van der Waals surface area contributed by atoms with E-state index in [1.165, 1.54) is 12.1 Å². The number of hydrogen-bond donors (Lipinski definition) is 0. The standard InChI is InChI=1S/C22H13Cl2FO3/c23-15-7-4-13(5-8-15)17-10-14-6-9-16(11-21(14)28-22(17)26)27-12-18-19(24)2-1-3-20(18)25/h1-11H,12H2. The van der Waals surface area contributed by atoms with Crippen molar-refractivity contribution in [1.29, 1.82) is 0 Å². The van der Waals surface area contributed by atoms with E-state index in [-0.39, 0.29) is 12.2 Å². The number of halogens is 3. The molecule has 0 N–H and O–H groups in total. The maximum Gasteiger partial charge on any atom is 0.344 e. The second kappa shape index (κ2) is 7.66. The summed E-state index contributed by atoms with van der Waals surface area (Å²) in [6.07, 6.45) is 0. The molecule has 4 aromatic rings. The van der Waals surface area contributed by atoms with Crippen molar-refractivity contribution in [3.8, 4) is 16.9 Å². The van der Waals surface area contributed by atoms with Gasteiger partial charge in [-0.15, -0.1) is 0 Å². The van der Waals surface area contributed by atoms with Crippen molar-refractivity contribution in [2.45, 2.75) is 6.61 Å². The average molecular weight is 415 g/mol. The van der Waals surface area contributed by atoms with E-state index >= 15 is 0 Å². The van der Waals surface area contributed by atoms with Gasteiger partial charge in [0.15, 0.2) is 0 Å². The summed E-state index contributed by atoms with van der Waals surface area (Å²) in [5.74, 6) is 0.00152. The SMILES string of the molecule is O=c1oc2cc(OCc3c(F)cccc3Cl)ccc2cc1-c1ccc(Cl)cc1. The van der Waals surface area contributed by atoms with Crippen molar-refractivity contribution in [3.63, 3.8) is 0 Å². The van der Waals surface area contributed by atoms with Crippen molar-refractivity contribution in [2.24, 2.45) is 0 Å². The maximum atomic E-state index is 13.9. The van der Waals surface area contributed by atoms with Gasteiger partial charge in [-0.25, -0.2) is 9.18 Å². The third-order valence-electron chi connectivity index (χ3n) is 4.31. The smallest absolute Gasteiger partial charge is 0.344 e. The van der Waals surface area contributed by atoms with Crippen LogP contribution in [0.3, 0.4) is 0 Å². The minimum absolute atomic E-state index is 0.0376. The van der Waals surface area contributed by atoms with E-state index in [1.807, 2.05) is 0 Å².